The summed E-state index contributed by atoms with van der Waals surface area (Å²) in [7, 11) is 0. The molecule has 2 nitrogen and oxygen atoms in total. The van der Waals surface area contributed by atoms with Crippen molar-refractivity contribution in [3.05, 3.63) is 48.0 Å². The number of rotatable bonds is 4. The molecule has 0 aliphatic heterocycles. The number of ketones is 1. The summed E-state index contributed by atoms with van der Waals surface area (Å²) in [4.78, 5) is 12.2. The van der Waals surface area contributed by atoms with Crippen molar-refractivity contribution < 1.29 is 9.53 Å². The number of carbonyl (C=O) groups is 1. The standard InChI is InChI=1S/C15H14Br2O2S/c1-8-4-5-9(2)14(10(8)3)19-7-12(18)11-6-13(16)20-15(11)17/h4-6H,7H2,1-3H3. The Labute approximate surface area is 139 Å². The van der Waals surface area contributed by atoms with E-state index in [2.05, 4.69) is 37.9 Å². The molecule has 0 unspecified atom stereocenters. The lowest BCUT2D eigenvalue weighted by molar-refractivity contribution is 0.0920. The van der Waals surface area contributed by atoms with Gasteiger partial charge in [0.2, 0.25) is 5.78 Å². The highest BCUT2D eigenvalue weighted by Crippen LogP contribution is 2.32. The summed E-state index contributed by atoms with van der Waals surface area (Å²) in [6, 6.07) is 5.89. The van der Waals surface area contributed by atoms with Gasteiger partial charge in [0.05, 0.1) is 7.57 Å². The molecule has 20 heavy (non-hydrogen) atoms. The third kappa shape index (κ3) is 3.32. The maximum atomic E-state index is 12.2. The first-order chi connectivity index (χ1) is 9.40. The van der Waals surface area contributed by atoms with Crippen LogP contribution in [0.2, 0.25) is 0 Å². The molecule has 0 radical (unpaired) electrons. The predicted molar refractivity (Wildman–Crippen MR) is 90.2 cm³/mol. The van der Waals surface area contributed by atoms with Gasteiger partial charge in [0.15, 0.2) is 6.61 Å². The van der Waals surface area contributed by atoms with E-state index in [1.165, 1.54) is 11.3 Å². The van der Waals surface area contributed by atoms with Crippen LogP contribution in [0.3, 0.4) is 0 Å². The van der Waals surface area contributed by atoms with Crippen molar-refractivity contribution in [3.8, 4) is 5.75 Å². The van der Waals surface area contributed by atoms with Gasteiger partial charge in [0.25, 0.3) is 0 Å². The quantitative estimate of drug-likeness (QED) is 0.617. The first-order valence-electron chi connectivity index (χ1n) is 6.07. The summed E-state index contributed by atoms with van der Waals surface area (Å²) >= 11 is 8.26. The molecule has 2 aromatic rings. The van der Waals surface area contributed by atoms with E-state index in [0.717, 1.165) is 30.0 Å². The molecule has 0 saturated heterocycles. The number of Topliss-reactive ketones (excluding diaryl/α,β-unsaturated/α-hetero) is 1. The van der Waals surface area contributed by atoms with Crippen molar-refractivity contribution in [3.63, 3.8) is 0 Å². The zero-order valence-corrected chi connectivity index (χ0v) is 15.4. The second kappa shape index (κ2) is 6.41. The normalized spacial score (nSPS) is 10.7. The van der Waals surface area contributed by atoms with Crippen LogP contribution in [-0.4, -0.2) is 12.4 Å². The molecule has 1 aromatic carbocycles. The van der Waals surface area contributed by atoms with E-state index in [0.29, 0.717) is 5.56 Å². The molecule has 0 spiro atoms. The minimum atomic E-state index is -0.0286. The van der Waals surface area contributed by atoms with Crippen LogP contribution in [0.5, 0.6) is 5.75 Å². The van der Waals surface area contributed by atoms with Crippen molar-refractivity contribution in [2.75, 3.05) is 6.61 Å². The highest BCUT2D eigenvalue weighted by Gasteiger charge is 2.15. The minimum Gasteiger partial charge on any atom is -0.485 e. The van der Waals surface area contributed by atoms with Gasteiger partial charge in [-0.3, -0.25) is 4.79 Å². The summed E-state index contributed by atoms with van der Waals surface area (Å²) in [5.41, 5.74) is 3.96. The van der Waals surface area contributed by atoms with Crippen LogP contribution < -0.4 is 4.74 Å². The van der Waals surface area contributed by atoms with Gasteiger partial charge in [-0.2, -0.15) is 0 Å². The molecule has 0 amide bonds. The van der Waals surface area contributed by atoms with Crippen LogP contribution in [0, 0.1) is 20.8 Å². The molecule has 0 bridgehead atoms. The number of carbonyl (C=O) groups excluding carboxylic acids is 1. The average Bonchev–Trinajstić information content (AvgIpc) is 2.73. The predicted octanol–water partition coefficient (Wildman–Crippen LogP) is 5.46. The van der Waals surface area contributed by atoms with Gasteiger partial charge in [-0.1, -0.05) is 12.1 Å². The lowest BCUT2D eigenvalue weighted by atomic mass is 10.1. The number of hydrogen-bond acceptors (Lipinski definition) is 3. The fourth-order valence-electron chi connectivity index (χ4n) is 1.89. The van der Waals surface area contributed by atoms with E-state index in [-0.39, 0.29) is 12.4 Å². The Morgan fingerprint density at radius 1 is 1.20 bits per heavy atom. The second-order valence-electron chi connectivity index (χ2n) is 4.60. The molecule has 2 rings (SSSR count). The Morgan fingerprint density at radius 3 is 2.45 bits per heavy atom. The minimum absolute atomic E-state index is 0.0286. The van der Waals surface area contributed by atoms with Crippen LogP contribution in [0.15, 0.2) is 25.8 Å². The number of halogens is 2. The van der Waals surface area contributed by atoms with Gasteiger partial charge < -0.3 is 4.74 Å². The highest BCUT2D eigenvalue weighted by atomic mass is 79.9. The van der Waals surface area contributed by atoms with Crippen LogP contribution in [0.4, 0.5) is 0 Å². The Kier molecular flexibility index (Phi) is 5.04. The molecular formula is C15H14Br2O2S. The number of thiophene rings is 1. The van der Waals surface area contributed by atoms with E-state index in [1.807, 2.05) is 32.9 Å². The molecule has 0 N–H and O–H groups in total. The van der Waals surface area contributed by atoms with Crippen molar-refractivity contribution in [2.45, 2.75) is 20.8 Å². The molecule has 1 heterocycles. The maximum absolute atomic E-state index is 12.2. The number of benzene rings is 1. The Morgan fingerprint density at radius 2 is 1.85 bits per heavy atom. The van der Waals surface area contributed by atoms with Gasteiger partial charge in [-0.25, -0.2) is 0 Å². The van der Waals surface area contributed by atoms with E-state index >= 15 is 0 Å². The Balaban J connectivity index is 2.15. The second-order valence-corrected chi connectivity index (χ2v) is 8.35. The van der Waals surface area contributed by atoms with E-state index < -0.39 is 0 Å². The van der Waals surface area contributed by atoms with Crippen molar-refractivity contribution in [1.82, 2.24) is 0 Å². The third-order valence-electron chi connectivity index (χ3n) is 3.18. The number of aryl methyl sites for hydroxylation is 2. The summed E-state index contributed by atoms with van der Waals surface area (Å²) in [6.07, 6.45) is 0. The first-order valence-corrected chi connectivity index (χ1v) is 8.48. The number of ether oxygens (including phenoxy) is 1. The summed E-state index contributed by atoms with van der Waals surface area (Å²) < 4.78 is 7.50. The fourth-order valence-corrected chi connectivity index (χ4v) is 4.75. The fraction of sp³-hybridized carbons (Fsp3) is 0.267. The smallest absolute Gasteiger partial charge is 0.202 e. The van der Waals surface area contributed by atoms with E-state index in [4.69, 9.17) is 4.74 Å². The van der Waals surface area contributed by atoms with Gasteiger partial charge >= 0.3 is 0 Å². The summed E-state index contributed by atoms with van der Waals surface area (Å²) in [6.45, 7) is 6.09. The SMILES string of the molecule is Cc1ccc(C)c(OCC(=O)c2cc(Br)sc2Br)c1C. The van der Waals surface area contributed by atoms with Gasteiger partial charge in [0.1, 0.15) is 5.75 Å². The summed E-state index contributed by atoms with van der Waals surface area (Å²) in [5, 5.41) is 0. The van der Waals surface area contributed by atoms with Crippen LogP contribution in [0.1, 0.15) is 27.0 Å². The van der Waals surface area contributed by atoms with Crippen LogP contribution in [0.25, 0.3) is 0 Å². The molecular weight excluding hydrogens is 404 g/mol. The van der Waals surface area contributed by atoms with Crippen molar-refractivity contribution in [1.29, 1.82) is 0 Å². The molecule has 0 saturated carbocycles. The van der Waals surface area contributed by atoms with Crippen LogP contribution >= 0.6 is 43.2 Å². The molecule has 5 heteroatoms. The molecule has 0 aliphatic rings. The summed E-state index contributed by atoms with van der Waals surface area (Å²) in [5.74, 6) is 0.780. The lowest BCUT2D eigenvalue weighted by Crippen LogP contribution is -2.12. The highest BCUT2D eigenvalue weighted by molar-refractivity contribution is 9.12. The maximum Gasteiger partial charge on any atom is 0.202 e. The van der Waals surface area contributed by atoms with E-state index in [1.54, 1.807) is 0 Å². The Hall–Kier alpha value is -0.650. The van der Waals surface area contributed by atoms with Crippen molar-refractivity contribution in [2.24, 2.45) is 0 Å². The molecule has 0 fully saturated rings. The monoisotopic (exact) mass is 416 g/mol. The zero-order valence-electron chi connectivity index (χ0n) is 11.4. The molecule has 0 atom stereocenters. The van der Waals surface area contributed by atoms with Crippen molar-refractivity contribution >= 4 is 49.0 Å². The van der Waals surface area contributed by atoms with Crippen LogP contribution in [-0.2, 0) is 0 Å². The van der Waals surface area contributed by atoms with E-state index in [9.17, 15) is 4.79 Å². The lowest BCUT2D eigenvalue weighted by Gasteiger charge is -2.13. The Bertz CT molecular complexity index is 662. The molecule has 106 valence electrons. The zero-order chi connectivity index (χ0) is 14.9. The molecule has 0 aliphatic carbocycles. The third-order valence-corrected chi connectivity index (χ3v) is 5.52. The van der Waals surface area contributed by atoms with Gasteiger partial charge in [-0.05, 0) is 75.4 Å². The topological polar surface area (TPSA) is 26.3 Å². The average molecular weight is 418 g/mol. The first kappa shape index (κ1) is 15.7. The largest absolute Gasteiger partial charge is 0.485 e. The van der Waals surface area contributed by atoms with Gasteiger partial charge in [0, 0.05) is 5.56 Å². The number of hydrogen-bond donors (Lipinski definition) is 0. The molecule has 1 aromatic heterocycles. The van der Waals surface area contributed by atoms with Gasteiger partial charge in [-0.15, -0.1) is 11.3 Å².